The predicted molar refractivity (Wildman–Crippen MR) is 111 cm³/mol. The lowest BCUT2D eigenvalue weighted by Crippen LogP contribution is -1.98. The van der Waals surface area contributed by atoms with E-state index in [4.69, 9.17) is 0 Å². The zero-order valence-electron chi connectivity index (χ0n) is 16.2. The van der Waals surface area contributed by atoms with Crippen LogP contribution in [0.2, 0.25) is 0 Å². The van der Waals surface area contributed by atoms with Gasteiger partial charge >= 0.3 is 5.97 Å². The highest BCUT2D eigenvalue weighted by Gasteiger charge is 1.95. The summed E-state index contributed by atoms with van der Waals surface area (Å²) in [5.74, 6) is -0.173. The van der Waals surface area contributed by atoms with Gasteiger partial charge < -0.3 is 9.84 Å². The summed E-state index contributed by atoms with van der Waals surface area (Å²) in [6.45, 7) is 2.12. The molecule has 0 aliphatic heterocycles. The molecule has 0 aromatic rings. The maximum Gasteiger partial charge on any atom is 0.305 e. The number of ether oxygens (including phenoxy) is 1. The predicted octanol–water partition coefficient (Wildman–Crippen LogP) is 5.61. The van der Waals surface area contributed by atoms with Crippen LogP contribution in [0.3, 0.4) is 0 Å². The summed E-state index contributed by atoms with van der Waals surface area (Å²) in [4.78, 5) is 10.9. The highest BCUT2D eigenvalue weighted by atomic mass is 16.5. The number of carbonyl (C=O) groups is 1. The normalized spacial score (nSPS) is 14.1. The third-order valence-corrected chi connectivity index (χ3v) is 3.42. The lowest BCUT2D eigenvalue weighted by atomic mass is 10.2. The van der Waals surface area contributed by atoms with Crippen molar-refractivity contribution in [2.24, 2.45) is 0 Å². The Hall–Kier alpha value is -2.13. The molecule has 0 radical (unpaired) electrons. The molecule has 0 aliphatic carbocycles. The Kier molecular flexibility index (Phi) is 17.6. The van der Waals surface area contributed by atoms with Crippen molar-refractivity contribution in [1.29, 1.82) is 0 Å². The van der Waals surface area contributed by atoms with Gasteiger partial charge in [-0.3, -0.25) is 4.79 Å². The molecular formula is C23H34O3. The number of hydrogen-bond acceptors (Lipinski definition) is 3. The summed E-state index contributed by atoms with van der Waals surface area (Å²) in [5, 5.41) is 9.81. The molecule has 0 aliphatic rings. The third-order valence-electron chi connectivity index (χ3n) is 3.42. The molecule has 0 rings (SSSR count). The first kappa shape index (κ1) is 23.9. The molecule has 0 saturated heterocycles. The summed E-state index contributed by atoms with van der Waals surface area (Å²) in [6.07, 6.45) is 29.4. The maximum absolute atomic E-state index is 10.9. The van der Waals surface area contributed by atoms with Gasteiger partial charge in [-0.15, -0.1) is 0 Å². The minimum Gasteiger partial charge on any atom is -0.469 e. The fourth-order valence-corrected chi connectivity index (χ4v) is 1.97. The van der Waals surface area contributed by atoms with Gasteiger partial charge in [-0.1, -0.05) is 79.8 Å². The van der Waals surface area contributed by atoms with Crippen LogP contribution in [0.25, 0.3) is 0 Å². The molecule has 0 heterocycles. The van der Waals surface area contributed by atoms with E-state index >= 15 is 0 Å². The maximum atomic E-state index is 10.9. The van der Waals surface area contributed by atoms with E-state index in [-0.39, 0.29) is 5.97 Å². The van der Waals surface area contributed by atoms with Crippen LogP contribution in [-0.2, 0) is 9.53 Å². The van der Waals surface area contributed by atoms with Crippen LogP contribution in [0, 0.1) is 0 Å². The van der Waals surface area contributed by atoms with Crippen molar-refractivity contribution in [2.45, 2.75) is 58.0 Å². The van der Waals surface area contributed by atoms with Gasteiger partial charge in [0.25, 0.3) is 0 Å². The fourth-order valence-electron chi connectivity index (χ4n) is 1.97. The highest BCUT2D eigenvalue weighted by Crippen LogP contribution is 1.99. The van der Waals surface area contributed by atoms with Crippen LogP contribution in [0.4, 0.5) is 0 Å². The molecule has 0 saturated carbocycles. The molecule has 0 amide bonds. The number of aliphatic hydroxyl groups excluding tert-OH is 1. The van der Waals surface area contributed by atoms with E-state index in [1.54, 1.807) is 6.08 Å². The first-order valence-electron chi connectivity index (χ1n) is 9.38. The number of allylic oxidation sites excluding steroid dienone is 10. The summed E-state index contributed by atoms with van der Waals surface area (Å²) in [5.41, 5.74) is 0. The van der Waals surface area contributed by atoms with Gasteiger partial charge in [0.1, 0.15) is 0 Å². The van der Waals surface area contributed by atoms with Crippen molar-refractivity contribution < 1.29 is 14.6 Å². The van der Waals surface area contributed by atoms with Crippen molar-refractivity contribution in [3.63, 3.8) is 0 Å². The third kappa shape index (κ3) is 18.2. The molecule has 1 N–H and O–H groups in total. The van der Waals surface area contributed by atoms with E-state index in [1.165, 1.54) is 7.11 Å². The number of hydrogen-bond donors (Lipinski definition) is 1. The zero-order valence-corrected chi connectivity index (χ0v) is 16.2. The first-order chi connectivity index (χ1) is 12.7. The summed E-state index contributed by atoms with van der Waals surface area (Å²) in [7, 11) is 1.41. The number of carbonyl (C=O) groups excluding carboxylic acids is 1. The Labute approximate surface area is 159 Å². The first-order valence-corrected chi connectivity index (χ1v) is 9.38. The van der Waals surface area contributed by atoms with Gasteiger partial charge in [0.2, 0.25) is 0 Å². The monoisotopic (exact) mass is 358 g/mol. The largest absolute Gasteiger partial charge is 0.469 e. The Morgan fingerprint density at radius 3 is 2.19 bits per heavy atom. The molecule has 0 bridgehead atoms. The van der Waals surface area contributed by atoms with Gasteiger partial charge in [0, 0.05) is 6.42 Å². The summed E-state index contributed by atoms with van der Waals surface area (Å²) < 4.78 is 4.57. The molecule has 144 valence electrons. The molecule has 0 aromatic heterocycles. The number of esters is 1. The fraction of sp³-hybridized carbons (Fsp3) is 0.435. The van der Waals surface area contributed by atoms with Crippen LogP contribution < -0.4 is 0 Å². The van der Waals surface area contributed by atoms with Gasteiger partial charge in [-0.2, -0.15) is 0 Å². The van der Waals surface area contributed by atoms with E-state index in [9.17, 15) is 9.90 Å². The number of methoxy groups -OCH3 is 1. The molecule has 0 fully saturated rings. The van der Waals surface area contributed by atoms with E-state index in [0.717, 1.165) is 32.1 Å². The van der Waals surface area contributed by atoms with E-state index < -0.39 is 6.10 Å². The second-order valence-corrected chi connectivity index (χ2v) is 5.73. The van der Waals surface area contributed by atoms with Gasteiger partial charge in [-0.25, -0.2) is 0 Å². The number of rotatable bonds is 14. The Morgan fingerprint density at radius 2 is 1.50 bits per heavy atom. The second kappa shape index (κ2) is 19.2. The van der Waals surface area contributed by atoms with Crippen LogP contribution >= 0.6 is 0 Å². The van der Waals surface area contributed by atoms with Gasteiger partial charge in [0.05, 0.1) is 13.2 Å². The molecule has 1 atom stereocenters. The van der Waals surface area contributed by atoms with Crippen molar-refractivity contribution in [1.82, 2.24) is 0 Å². The van der Waals surface area contributed by atoms with E-state index in [1.807, 2.05) is 36.5 Å². The van der Waals surface area contributed by atoms with Crippen molar-refractivity contribution in [2.75, 3.05) is 7.11 Å². The van der Waals surface area contributed by atoms with Crippen LogP contribution in [-0.4, -0.2) is 24.3 Å². The average molecular weight is 359 g/mol. The van der Waals surface area contributed by atoms with Crippen LogP contribution in [0.1, 0.15) is 51.9 Å². The minimum absolute atomic E-state index is 0.173. The molecule has 3 nitrogen and oxygen atoms in total. The molecule has 0 aromatic carbocycles. The lowest BCUT2D eigenvalue weighted by Gasteiger charge is -1.98. The number of aliphatic hydroxyl groups is 1. The topological polar surface area (TPSA) is 46.5 Å². The minimum atomic E-state index is -0.434. The SMILES string of the molecule is CC/C=C\C/C=C\CC(O)/C=C/C=C\C/C=C\C/C=C\CCC(=O)OC. The summed E-state index contributed by atoms with van der Waals surface area (Å²) in [6, 6.07) is 0. The van der Waals surface area contributed by atoms with E-state index in [0.29, 0.717) is 12.8 Å². The highest BCUT2D eigenvalue weighted by molar-refractivity contribution is 5.69. The summed E-state index contributed by atoms with van der Waals surface area (Å²) >= 11 is 0. The Bertz CT molecular complexity index is 508. The van der Waals surface area contributed by atoms with E-state index in [2.05, 4.69) is 42.0 Å². The molecular weight excluding hydrogens is 324 g/mol. The molecule has 0 spiro atoms. The quantitative estimate of drug-likeness (QED) is 0.249. The van der Waals surface area contributed by atoms with Crippen molar-refractivity contribution in [3.05, 3.63) is 72.9 Å². The molecule has 1 unspecified atom stereocenters. The lowest BCUT2D eigenvalue weighted by molar-refractivity contribution is -0.140. The molecule has 3 heteroatoms. The van der Waals surface area contributed by atoms with Gasteiger partial charge in [-0.05, 0) is 38.5 Å². The van der Waals surface area contributed by atoms with Crippen molar-refractivity contribution >= 4 is 5.97 Å². The molecule has 26 heavy (non-hydrogen) atoms. The standard InChI is InChI=1S/C23H34O3/c1-3-4-5-6-13-16-19-22(24)20-17-14-11-9-7-8-10-12-15-18-21-23(25)26-2/h4-5,7-8,11-17,20,22,24H,3,6,9-10,18-19,21H2,1-2H3/b5-4-,8-7-,14-11-,15-12-,16-13-,20-17+. The van der Waals surface area contributed by atoms with Crippen LogP contribution in [0.15, 0.2) is 72.9 Å². The average Bonchev–Trinajstić information content (AvgIpc) is 2.65. The zero-order chi connectivity index (χ0) is 19.3. The Morgan fingerprint density at radius 1 is 0.885 bits per heavy atom. The van der Waals surface area contributed by atoms with Gasteiger partial charge in [0.15, 0.2) is 0 Å². The van der Waals surface area contributed by atoms with Crippen molar-refractivity contribution in [3.8, 4) is 0 Å². The smallest absolute Gasteiger partial charge is 0.305 e. The Balaban J connectivity index is 3.72. The second-order valence-electron chi connectivity index (χ2n) is 5.73. The van der Waals surface area contributed by atoms with Crippen LogP contribution in [0.5, 0.6) is 0 Å².